The van der Waals surface area contributed by atoms with Crippen molar-refractivity contribution in [2.75, 3.05) is 62.6 Å². The maximum Gasteiger partial charge on any atom is 0.266 e. The highest BCUT2D eigenvalue weighted by molar-refractivity contribution is 5.97. The van der Waals surface area contributed by atoms with Crippen LogP contribution < -0.4 is 16.0 Å². The number of rotatable bonds is 8. The molecule has 1 amide bonds. The van der Waals surface area contributed by atoms with Crippen LogP contribution in [0.5, 0.6) is 0 Å². The van der Waals surface area contributed by atoms with Crippen molar-refractivity contribution in [3.63, 3.8) is 0 Å². The maximum absolute atomic E-state index is 12.6. The number of piperazine rings is 1. The van der Waals surface area contributed by atoms with Crippen LogP contribution >= 0.6 is 0 Å². The molecule has 7 heteroatoms. The third-order valence-corrected chi connectivity index (χ3v) is 4.83. The van der Waals surface area contributed by atoms with Crippen LogP contribution in [0.25, 0.3) is 0 Å². The predicted molar refractivity (Wildman–Crippen MR) is 109 cm³/mol. The molecule has 7 nitrogen and oxygen atoms in total. The monoisotopic (exact) mass is 370 g/mol. The summed E-state index contributed by atoms with van der Waals surface area (Å²) in [6.45, 7) is 10.4. The van der Waals surface area contributed by atoms with Crippen molar-refractivity contribution in [3.8, 4) is 6.07 Å². The van der Waals surface area contributed by atoms with Crippen molar-refractivity contribution >= 4 is 17.3 Å². The first-order chi connectivity index (χ1) is 13.1. The van der Waals surface area contributed by atoms with E-state index in [0.717, 1.165) is 44.1 Å². The van der Waals surface area contributed by atoms with Gasteiger partial charge in [0.15, 0.2) is 0 Å². The molecule has 27 heavy (non-hydrogen) atoms. The molecule has 146 valence electrons. The highest BCUT2D eigenvalue weighted by Gasteiger charge is 2.23. The van der Waals surface area contributed by atoms with Crippen LogP contribution in [-0.2, 0) is 4.79 Å². The van der Waals surface area contributed by atoms with Crippen LogP contribution in [0.2, 0.25) is 0 Å². The summed E-state index contributed by atoms with van der Waals surface area (Å²) in [6, 6.07) is 10.00. The van der Waals surface area contributed by atoms with Gasteiger partial charge in [-0.3, -0.25) is 9.69 Å². The van der Waals surface area contributed by atoms with E-state index in [1.807, 2.05) is 30.3 Å². The largest absolute Gasteiger partial charge is 0.372 e. The van der Waals surface area contributed by atoms with E-state index in [9.17, 15) is 10.1 Å². The van der Waals surface area contributed by atoms with Crippen molar-refractivity contribution in [3.05, 3.63) is 36.0 Å². The lowest BCUT2D eigenvalue weighted by Gasteiger charge is -2.34. The zero-order valence-corrected chi connectivity index (χ0v) is 16.3. The first-order valence-corrected chi connectivity index (χ1v) is 9.56. The van der Waals surface area contributed by atoms with Gasteiger partial charge in [0.1, 0.15) is 11.6 Å². The molecule has 0 saturated carbocycles. The number of nitrogens with one attached hydrogen (secondary N) is 1. The van der Waals surface area contributed by atoms with E-state index < -0.39 is 0 Å². The summed E-state index contributed by atoms with van der Waals surface area (Å²) in [7, 11) is 0. The lowest BCUT2D eigenvalue weighted by atomic mass is 10.2. The molecule has 2 rings (SSSR count). The van der Waals surface area contributed by atoms with Crippen LogP contribution in [0.3, 0.4) is 0 Å². The maximum atomic E-state index is 12.6. The fraction of sp³-hybridized carbons (Fsp3) is 0.500. The van der Waals surface area contributed by atoms with E-state index in [0.29, 0.717) is 19.6 Å². The second kappa shape index (κ2) is 10.6. The van der Waals surface area contributed by atoms with Gasteiger partial charge in [-0.2, -0.15) is 5.26 Å². The fourth-order valence-electron chi connectivity index (χ4n) is 3.18. The van der Waals surface area contributed by atoms with E-state index in [1.54, 1.807) is 4.90 Å². The Kier molecular flexibility index (Phi) is 8.11. The number of hydrogen-bond acceptors (Lipinski definition) is 6. The van der Waals surface area contributed by atoms with Gasteiger partial charge in [-0.1, -0.05) is 0 Å². The molecule has 1 aliphatic heterocycles. The van der Waals surface area contributed by atoms with E-state index in [1.165, 1.54) is 6.20 Å². The molecule has 0 atom stereocenters. The number of hydrogen-bond donors (Lipinski definition) is 2. The Labute approximate surface area is 162 Å². The molecule has 0 aromatic heterocycles. The van der Waals surface area contributed by atoms with Crippen LogP contribution in [-0.4, -0.2) is 68.1 Å². The SMILES string of the molecule is CCN(CC)c1ccc(N/C=C(/C#N)C(=O)N2CCN(CCN)CC2)cc1. The molecule has 0 unspecified atom stereocenters. The summed E-state index contributed by atoms with van der Waals surface area (Å²) in [5.74, 6) is -0.225. The van der Waals surface area contributed by atoms with Gasteiger partial charge < -0.3 is 20.9 Å². The first kappa shape index (κ1) is 20.7. The molecule has 0 bridgehead atoms. The third kappa shape index (κ3) is 5.71. The van der Waals surface area contributed by atoms with Gasteiger partial charge in [0.25, 0.3) is 5.91 Å². The Morgan fingerprint density at radius 2 is 1.85 bits per heavy atom. The minimum absolute atomic E-state index is 0.120. The Morgan fingerprint density at radius 3 is 2.37 bits per heavy atom. The van der Waals surface area contributed by atoms with Crippen LogP contribution in [0.4, 0.5) is 11.4 Å². The van der Waals surface area contributed by atoms with Gasteiger partial charge >= 0.3 is 0 Å². The molecule has 1 fully saturated rings. The molecular formula is C20H30N6O. The molecule has 0 spiro atoms. The molecule has 1 aliphatic rings. The zero-order valence-electron chi connectivity index (χ0n) is 16.3. The molecule has 1 aromatic rings. The smallest absolute Gasteiger partial charge is 0.266 e. The van der Waals surface area contributed by atoms with Crippen molar-refractivity contribution in [2.24, 2.45) is 5.73 Å². The summed E-state index contributed by atoms with van der Waals surface area (Å²) in [5, 5.41) is 12.5. The van der Waals surface area contributed by atoms with Gasteiger partial charge in [0.2, 0.25) is 0 Å². The molecular weight excluding hydrogens is 340 g/mol. The minimum Gasteiger partial charge on any atom is -0.372 e. The topological polar surface area (TPSA) is 88.6 Å². The van der Waals surface area contributed by atoms with Gasteiger partial charge in [-0.25, -0.2) is 0 Å². The molecule has 0 aliphatic carbocycles. The van der Waals surface area contributed by atoms with Gasteiger partial charge in [0.05, 0.1) is 0 Å². The summed E-state index contributed by atoms with van der Waals surface area (Å²) < 4.78 is 0. The normalized spacial score (nSPS) is 15.3. The average Bonchev–Trinajstić information content (AvgIpc) is 2.71. The lowest BCUT2D eigenvalue weighted by Crippen LogP contribution is -2.50. The van der Waals surface area contributed by atoms with E-state index in [2.05, 4.69) is 29.0 Å². The van der Waals surface area contributed by atoms with Crippen molar-refractivity contribution in [1.82, 2.24) is 9.80 Å². The summed E-state index contributed by atoms with van der Waals surface area (Å²) in [6.07, 6.45) is 1.50. The number of anilines is 2. The summed E-state index contributed by atoms with van der Waals surface area (Å²) in [5.41, 5.74) is 7.70. The molecule has 1 saturated heterocycles. The van der Waals surface area contributed by atoms with Crippen LogP contribution in [0.15, 0.2) is 36.0 Å². The van der Waals surface area contributed by atoms with Crippen molar-refractivity contribution in [2.45, 2.75) is 13.8 Å². The number of carbonyl (C=O) groups is 1. The molecule has 3 N–H and O–H groups in total. The predicted octanol–water partition coefficient (Wildman–Crippen LogP) is 1.46. The highest BCUT2D eigenvalue weighted by atomic mass is 16.2. The number of nitrogens with zero attached hydrogens (tertiary/aromatic N) is 4. The van der Waals surface area contributed by atoms with Crippen molar-refractivity contribution < 1.29 is 4.79 Å². The Bertz CT molecular complexity index is 667. The average molecular weight is 371 g/mol. The fourth-order valence-corrected chi connectivity index (χ4v) is 3.18. The van der Waals surface area contributed by atoms with Crippen molar-refractivity contribution in [1.29, 1.82) is 5.26 Å². The zero-order chi connectivity index (χ0) is 19.6. The summed E-state index contributed by atoms with van der Waals surface area (Å²) in [4.78, 5) is 18.8. The molecule has 0 radical (unpaired) electrons. The Balaban J connectivity index is 1.96. The van der Waals surface area contributed by atoms with Gasteiger partial charge in [-0.15, -0.1) is 0 Å². The molecule has 1 heterocycles. The lowest BCUT2D eigenvalue weighted by molar-refractivity contribution is -0.128. The second-order valence-electron chi connectivity index (χ2n) is 6.46. The standard InChI is InChI=1S/C20H30N6O/c1-3-25(4-2)19-7-5-18(6-8-19)23-16-17(15-22)20(27)26-13-11-24(10-9-21)12-14-26/h5-8,16,23H,3-4,9-14,21H2,1-2H3/b17-16-. The number of amides is 1. The third-order valence-electron chi connectivity index (χ3n) is 4.83. The van der Waals surface area contributed by atoms with Gasteiger partial charge in [0, 0.05) is 69.9 Å². The Morgan fingerprint density at radius 1 is 1.22 bits per heavy atom. The van der Waals surface area contributed by atoms with E-state index >= 15 is 0 Å². The highest BCUT2D eigenvalue weighted by Crippen LogP contribution is 2.18. The minimum atomic E-state index is -0.225. The van der Waals surface area contributed by atoms with E-state index in [4.69, 9.17) is 5.73 Å². The molecule has 1 aromatic carbocycles. The first-order valence-electron chi connectivity index (χ1n) is 9.56. The number of nitrogens with two attached hydrogens (primary N) is 1. The Hall–Kier alpha value is -2.56. The van der Waals surface area contributed by atoms with Crippen LogP contribution in [0, 0.1) is 11.3 Å². The van der Waals surface area contributed by atoms with Crippen LogP contribution in [0.1, 0.15) is 13.8 Å². The van der Waals surface area contributed by atoms with Gasteiger partial charge in [-0.05, 0) is 38.1 Å². The number of benzene rings is 1. The summed E-state index contributed by atoms with van der Waals surface area (Å²) >= 11 is 0. The second-order valence-corrected chi connectivity index (χ2v) is 6.46. The number of nitriles is 1. The quantitative estimate of drug-likeness (QED) is 0.532. The number of carbonyl (C=O) groups excluding carboxylic acids is 1. The van der Waals surface area contributed by atoms with E-state index in [-0.39, 0.29) is 11.5 Å².